The number of carbonyl (C=O) groups is 1. The molecule has 5 aromatic rings. The van der Waals surface area contributed by atoms with Gasteiger partial charge in [0.1, 0.15) is 11.5 Å². The van der Waals surface area contributed by atoms with Gasteiger partial charge >= 0.3 is 0 Å². The van der Waals surface area contributed by atoms with E-state index in [9.17, 15) is 9.18 Å². The number of nitrogens with one attached hydrogen (secondary N) is 1. The van der Waals surface area contributed by atoms with E-state index < -0.39 is 5.82 Å². The van der Waals surface area contributed by atoms with Crippen molar-refractivity contribution in [2.45, 2.75) is 6.92 Å². The Kier molecular flexibility index (Phi) is 4.40. The second-order valence-electron chi connectivity index (χ2n) is 6.76. The Bertz CT molecular complexity index is 1340. The number of fused-ring (bicyclic) bond motifs is 1. The number of hydrogen-bond donors (Lipinski definition) is 1. The van der Waals surface area contributed by atoms with Gasteiger partial charge in [-0.2, -0.15) is 5.10 Å². The Labute approximate surface area is 175 Å². The molecule has 148 valence electrons. The van der Waals surface area contributed by atoms with Crippen LogP contribution in [0.1, 0.15) is 16.1 Å². The molecule has 1 N–H and O–H groups in total. The summed E-state index contributed by atoms with van der Waals surface area (Å²) in [4.78, 5) is 18.2. The third-order valence-corrected chi connectivity index (χ3v) is 5.64. The van der Waals surface area contributed by atoms with Crippen LogP contribution in [0.3, 0.4) is 0 Å². The van der Waals surface area contributed by atoms with Crippen LogP contribution in [-0.4, -0.2) is 25.1 Å². The minimum atomic E-state index is -0.398. The zero-order valence-corrected chi connectivity index (χ0v) is 16.7. The van der Waals surface area contributed by atoms with Crippen LogP contribution in [-0.2, 0) is 0 Å². The molecule has 0 saturated heterocycles. The van der Waals surface area contributed by atoms with Gasteiger partial charge in [-0.15, -0.1) is 11.3 Å². The van der Waals surface area contributed by atoms with Gasteiger partial charge in [-0.25, -0.2) is 14.1 Å². The van der Waals surface area contributed by atoms with Gasteiger partial charge in [0.05, 0.1) is 23.1 Å². The molecular formula is C22H16FN5OS. The first-order valence-electron chi connectivity index (χ1n) is 9.23. The highest BCUT2D eigenvalue weighted by molar-refractivity contribution is 7.15. The number of nitrogens with zero attached hydrogens (tertiary/aromatic N) is 4. The van der Waals surface area contributed by atoms with E-state index in [0.717, 1.165) is 16.2 Å². The van der Waals surface area contributed by atoms with Gasteiger partial charge in [0.15, 0.2) is 4.96 Å². The summed E-state index contributed by atoms with van der Waals surface area (Å²) < 4.78 is 17.5. The van der Waals surface area contributed by atoms with Gasteiger partial charge in [0, 0.05) is 29.0 Å². The van der Waals surface area contributed by atoms with Gasteiger partial charge in [0.2, 0.25) is 0 Å². The predicted molar refractivity (Wildman–Crippen MR) is 115 cm³/mol. The molecule has 6 nitrogen and oxygen atoms in total. The van der Waals surface area contributed by atoms with Crippen LogP contribution in [0.2, 0.25) is 0 Å². The third-order valence-electron chi connectivity index (χ3n) is 4.87. The summed E-state index contributed by atoms with van der Waals surface area (Å²) in [6, 6.07) is 13.8. The molecule has 5 rings (SSSR count). The average molecular weight is 417 g/mol. The number of anilines is 1. The number of rotatable bonds is 4. The van der Waals surface area contributed by atoms with E-state index in [0.29, 0.717) is 22.6 Å². The lowest BCUT2D eigenvalue weighted by Crippen LogP contribution is -2.13. The normalized spacial score (nSPS) is 11.1. The van der Waals surface area contributed by atoms with Gasteiger partial charge < -0.3 is 5.32 Å². The first kappa shape index (κ1) is 18.3. The quantitative estimate of drug-likeness (QED) is 0.450. The van der Waals surface area contributed by atoms with E-state index in [1.807, 2.05) is 46.4 Å². The summed E-state index contributed by atoms with van der Waals surface area (Å²) in [5, 5.41) is 9.04. The number of halogens is 1. The maximum Gasteiger partial charge on any atom is 0.259 e. The topological polar surface area (TPSA) is 64.2 Å². The van der Waals surface area contributed by atoms with Crippen LogP contribution < -0.4 is 5.32 Å². The molecule has 0 fully saturated rings. The van der Waals surface area contributed by atoms with Gasteiger partial charge in [-0.3, -0.25) is 9.20 Å². The molecule has 3 aromatic heterocycles. The molecule has 0 aliphatic carbocycles. The summed E-state index contributed by atoms with van der Waals surface area (Å²) in [6.45, 7) is 1.74. The monoisotopic (exact) mass is 417 g/mol. The molecule has 2 aromatic carbocycles. The van der Waals surface area contributed by atoms with Crippen molar-refractivity contribution in [3.8, 4) is 16.9 Å². The minimum absolute atomic E-state index is 0.301. The molecule has 0 spiro atoms. The van der Waals surface area contributed by atoms with Crippen LogP contribution in [0, 0.1) is 12.7 Å². The first-order chi connectivity index (χ1) is 14.6. The standard InChI is InChI=1S/C22H16FN5OS/c1-14-17(12-24-28(14)20-5-3-2-4-18(20)23)21(29)25-16-8-6-15(7-9-16)19-13-27-10-11-30-22(27)26-19/h2-13H,1H3,(H,25,29). The second-order valence-corrected chi connectivity index (χ2v) is 7.63. The fourth-order valence-corrected chi connectivity index (χ4v) is 3.99. The van der Waals surface area contributed by atoms with Crippen molar-refractivity contribution in [1.82, 2.24) is 19.2 Å². The molecular weight excluding hydrogens is 401 g/mol. The Morgan fingerprint density at radius 3 is 2.70 bits per heavy atom. The molecule has 30 heavy (non-hydrogen) atoms. The van der Waals surface area contributed by atoms with Crippen molar-refractivity contribution >= 4 is 27.9 Å². The summed E-state index contributed by atoms with van der Waals surface area (Å²) >= 11 is 1.58. The molecule has 0 radical (unpaired) electrons. The largest absolute Gasteiger partial charge is 0.322 e. The van der Waals surface area contributed by atoms with Gasteiger partial charge in [0.25, 0.3) is 5.91 Å². The maximum absolute atomic E-state index is 14.1. The van der Waals surface area contributed by atoms with E-state index in [1.54, 1.807) is 36.5 Å². The highest BCUT2D eigenvalue weighted by Gasteiger charge is 2.17. The summed E-state index contributed by atoms with van der Waals surface area (Å²) in [5.41, 5.74) is 3.75. The number of carbonyl (C=O) groups excluding carboxylic acids is 1. The Hall–Kier alpha value is -3.78. The summed E-state index contributed by atoms with van der Waals surface area (Å²) in [7, 11) is 0. The van der Waals surface area contributed by atoms with E-state index in [4.69, 9.17) is 0 Å². The van der Waals surface area contributed by atoms with Crippen LogP contribution in [0.15, 0.2) is 72.5 Å². The lowest BCUT2D eigenvalue weighted by molar-refractivity contribution is 0.102. The molecule has 0 aliphatic heterocycles. The van der Waals surface area contributed by atoms with E-state index in [-0.39, 0.29) is 5.91 Å². The Morgan fingerprint density at radius 2 is 1.93 bits per heavy atom. The lowest BCUT2D eigenvalue weighted by atomic mass is 10.1. The fourth-order valence-electron chi connectivity index (χ4n) is 3.29. The van der Waals surface area contributed by atoms with Crippen molar-refractivity contribution < 1.29 is 9.18 Å². The lowest BCUT2D eigenvalue weighted by Gasteiger charge is -2.08. The summed E-state index contributed by atoms with van der Waals surface area (Å²) in [6.07, 6.45) is 5.39. The molecule has 1 amide bonds. The third kappa shape index (κ3) is 3.17. The zero-order valence-electron chi connectivity index (χ0n) is 15.9. The van der Waals surface area contributed by atoms with Crippen molar-refractivity contribution in [2.75, 3.05) is 5.32 Å². The zero-order chi connectivity index (χ0) is 20.7. The number of thiazole rings is 1. The van der Waals surface area contributed by atoms with Gasteiger partial charge in [-0.05, 0) is 31.2 Å². The summed E-state index contributed by atoms with van der Waals surface area (Å²) in [5.74, 6) is -0.698. The second kappa shape index (κ2) is 7.23. The van der Waals surface area contributed by atoms with E-state index >= 15 is 0 Å². The molecule has 0 saturated carbocycles. The Morgan fingerprint density at radius 1 is 1.13 bits per heavy atom. The van der Waals surface area contributed by atoms with Crippen LogP contribution in [0.25, 0.3) is 21.9 Å². The van der Waals surface area contributed by atoms with Crippen molar-refractivity contribution in [2.24, 2.45) is 0 Å². The van der Waals surface area contributed by atoms with Crippen molar-refractivity contribution in [1.29, 1.82) is 0 Å². The number of para-hydroxylation sites is 1. The number of imidazole rings is 1. The number of benzene rings is 2. The van der Waals surface area contributed by atoms with Gasteiger partial charge in [-0.1, -0.05) is 24.3 Å². The van der Waals surface area contributed by atoms with E-state index in [1.165, 1.54) is 16.9 Å². The smallest absolute Gasteiger partial charge is 0.259 e. The molecule has 0 bridgehead atoms. The number of hydrogen-bond acceptors (Lipinski definition) is 4. The van der Waals surface area contributed by atoms with Crippen LogP contribution in [0.5, 0.6) is 0 Å². The molecule has 3 heterocycles. The average Bonchev–Trinajstić information content (AvgIpc) is 3.44. The van der Waals surface area contributed by atoms with Crippen molar-refractivity contribution in [3.05, 3.63) is 89.6 Å². The number of amides is 1. The highest BCUT2D eigenvalue weighted by Crippen LogP contribution is 2.24. The van der Waals surface area contributed by atoms with Crippen LogP contribution in [0.4, 0.5) is 10.1 Å². The minimum Gasteiger partial charge on any atom is -0.322 e. The fraction of sp³-hybridized carbons (Fsp3) is 0.0455. The van der Waals surface area contributed by atoms with E-state index in [2.05, 4.69) is 15.4 Å². The molecule has 0 unspecified atom stereocenters. The SMILES string of the molecule is Cc1c(C(=O)Nc2ccc(-c3cn4ccsc4n3)cc2)cnn1-c1ccccc1F. The molecule has 0 atom stereocenters. The van der Waals surface area contributed by atoms with Crippen LogP contribution >= 0.6 is 11.3 Å². The first-order valence-corrected chi connectivity index (χ1v) is 10.1. The molecule has 0 aliphatic rings. The number of aromatic nitrogens is 4. The van der Waals surface area contributed by atoms with Crippen molar-refractivity contribution in [3.63, 3.8) is 0 Å². The molecule has 8 heteroatoms. The highest BCUT2D eigenvalue weighted by atomic mass is 32.1. The maximum atomic E-state index is 14.1. The Balaban J connectivity index is 1.35. The predicted octanol–water partition coefficient (Wildman–Crippen LogP) is 4.95.